The van der Waals surface area contributed by atoms with Crippen molar-refractivity contribution in [1.29, 1.82) is 0 Å². The lowest BCUT2D eigenvalue weighted by Crippen LogP contribution is -2.49. The van der Waals surface area contributed by atoms with Crippen molar-refractivity contribution in [3.8, 4) is 17.1 Å². The Morgan fingerprint density at radius 3 is 2.60 bits per heavy atom. The van der Waals surface area contributed by atoms with E-state index in [-0.39, 0.29) is 11.9 Å². The molecule has 1 aromatic heterocycles. The van der Waals surface area contributed by atoms with E-state index in [0.717, 1.165) is 22.6 Å². The van der Waals surface area contributed by atoms with Gasteiger partial charge in [0.15, 0.2) is 11.5 Å². The zero-order chi connectivity index (χ0) is 18.0. The van der Waals surface area contributed by atoms with Gasteiger partial charge in [0.2, 0.25) is 0 Å². The number of carbonyl (C=O) groups excluding carboxylic acids is 1. The molecule has 0 bridgehead atoms. The van der Waals surface area contributed by atoms with Gasteiger partial charge in [-0.1, -0.05) is 0 Å². The van der Waals surface area contributed by atoms with Gasteiger partial charge in [-0.15, -0.1) is 0 Å². The number of rotatable bonds is 1. The quantitative estimate of drug-likeness (QED) is 0.866. The molecule has 0 saturated carbocycles. The fraction of sp³-hybridized carbons (Fsp3) is 0.368. The van der Waals surface area contributed by atoms with E-state index in [1.165, 1.54) is 4.90 Å². The van der Waals surface area contributed by atoms with Gasteiger partial charge in [0.25, 0.3) is 5.91 Å². The highest BCUT2D eigenvalue weighted by Gasteiger charge is 2.55. The Hall–Kier alpha value is -2.76. The summed E-state index contributed by atoms with van der Waals surface area (Å²) in [4.78, 5) is 19.0. The number of hydrogen-bond donors (Lipinski definition) is 1. The lowest BCUT2D eigenvalue weighted by atomic mass is 9.77. The van der Waals surface area contributed by atoms with Crippen LogP contribution in [-0.4, -0.2) is 29.4 Å². The molecular formula is C19H21N3O3. The predicted molar refractivity (Wildman–Crippen MR) is 94.3 cm³/mol. The molecule has 6 nitrogen and oxygen atoms in total. The Morgan fingerprint density at radius 1 is 1.24 bits per heavy atom. The Bertz CT molecular complexity index is 912. The third-order valence-corrected chi connectivity index (χ3v) is 4.83. The van der Waals surface area contributed by atoms with Gasteiger partial charge >= 0.3 is 0 Å². The number of aryl methyl sites for hydroxylation is 1. The lowest BCUT2D eigenvalue weighted by Gasteiger charge is -2.41. The highest BCUT2D eigenvalue weighted by atomic mass is 16.5. The summed E-state index contributed by atoms with van der Waals surface area (Å²) in [7, 11) is 1.65. The molecule has 2 aliphatic rings. The number of nitrogens with two attached hydrogens (primary N) is 1. The van der Waals surface area contributed by atoms with Crippen LogP contribution < -0.4 is 10.5 Å². The van der Waals surface area contributed by atoms with Crippen LogP contribution in [0.4, 0.5) is 0 Å². The van der Waals surface area contributed by atoms with Gasteiger partial charge in [-0.2, -0.15) is 0 Å². The van der Waals surface area contributed by atoms with Crippen LogP contribution in [0, 0.1) is 6.92 Å². The standard InChI is InChI=1S/C19H21N3O3/c1-11-5-7-14(24-11)12-6-8-15-13(9-12)19(10-18(2,3)25-15)16(23)22(4)17(20)21-19/h5-9H,10H2,1-4H3,(H2,20,21). The van der Waals surface area contributed by atoms with E-state index in [1.54, 1.807) is 7.05 Å². The SMILES string of the molecule is Cc1ccc(-c2ccc3c(c2)C2(CC(C)(C)O3)N=C(N)N(C)C2=O)o1. The van der Waals surface area contributed by atoms with Crippen LogP contribution in [0.3, 0.4) is 0 Å². The molecule has 2 aliphatic heterocycles. The number of hydrogen-bond acceptors (Lipinski definition) is 5. The summed E-state index contributed by atoms with van der Waals surface area (Å²) < 4.78 is 11.8. The fourth-order valence-electron chi connectivity index (χ4n) is 3.72. The molecule has 1 atom stereocenters. The molecule has 1 unspecified atom stereocenters. The topological polar surface area (TPSA) is 81.1 Å². The van der Waals surface area contributed by atoms with Crippen molar-refractivity contribution in [1.82, 2.24) is 4.90 Å². The number of benzene rings is 1. The van der Waals surface area contributed by atoms with E-state index in [2.05, 4.69) is 4.99 Å². The minimum Gasteiger partial charge on any atom is -0.487 e. The van der Waals surface area contributed by atoms with Gasteiger partial charge in [-0.05, 0) is 51.1 Å². The van der Waals surface area contributed by atoms with Crippen molar-refractivity contribution in [2.75, 3.05) is 7.05 Å². The molecule has 0 aliphatic carbocycles. The minimum absolute atomic E-state index is 0.129. The first-order valence-corrected chi connectivity index (χ1v) is 8.26. The smallest absolute Gasteiger partial charge is 0.261 e. The van der Waals surface area contributed by atoms with Crippen molar-refractivity contribution in [3.05, 3.63) is 41.7 Å². The van der Waals surface area contributed by atoms with Gasteiger partial charge in [-0.3, -0.25) is 9.69 Å². The normalized spacial score (nSPS) is 24.2. The number of fused-ring (bicyclic) bond motifs is 2. The van der Waals surface area contributed by atoms with E-state index >= 15 is 0 Å². The van der Waals surface area contributed by atoms with E-state index in [9.17, 15) is 4.79 Å². The second kappa shape index (κ2) is 4.88. The summed E-state index contributed by atoms with van der Waals surface area (Å²) in [6, 6.07) is 9.56. The third kappa shape index (κ3) is 2.24. The van der Waals surface area contributed by atoms with Gasteiger partial charge in [0, 0.05) is 24.6 Å². The predicted octanol–water partition coefficient (Wildman–Crippen LogP) is 2.80. The van der Waals surface area contributed by atoms with Crippen LogP contribution in [0.15, 0.2) is 39.7 Å². The van der Waals surface area contributed by atoms with Crippen molar-refractivity contribution in [2.24, 2.45) is 10.7 Å². The molecule has 1 amide bonds. The number of nitrogens with zero attached hydrogens (tertiary/aromatic N) is 2. The van der Waals surface area contributed by atoms with Crippen molar-refractivity contribution in [2.45, 2.75) is 38.3 Å². The first-order valence-electron chi connectivity index (χ1n) is 8.26. The molecule has 2 aromatic rings. The highest BCUT2D eigenvalue weighted by Crippen LogP contribution is 2.49. The molecule has 6 heteroatoms. The Balaban J connectivity index is 1.93. The summed E-state index contributed by atoms with van der Waals surface area (Å²) in [5.74, 6) is 2.33. The van der Waals surface area contributed by atoms with E-state index in [1.807, 2.05) is 51.1 Å². The summed E-state index contributed by atoms with van der Waals surface area (Å²) in [5, 5.41) is 0. The van der Waals surface area contributed by atoms with Crippen LogP contribution in [0.2, 0.25) is 0 Å². The van der Waals surface area contributed by atoms with E-state index in [0.29, 0.717) is 12.2 Å². The zero-order valence-electron chi connectivity index (χ0n) is 14.8. The van der Waals surface area contributed by atoms with Crippen molar-refractivity contribution in [3.63, 3.8) is 0 Å². The highest BCUT2D eigenvalue weighted by molar-refractivity contribution is 6.07. The van der Waals surface area contributed by atoms with E-state index < -0.39 is 11.1 Å². The van der Waals surface area contributed by atoms with Crippen LogP contribution in [0.25, 0.3) is 11.3 Å². The third-order valence-electron chi connectivity index (χ3n) is 4.83. The van der Waals surface area contributed by atoms with Crippen LogP contribution in [0.5, 0.6) is 5.75 Å². The van der Waals surface area contributed by atoms with Gasteiger partial charge in [0.1, 0.15) is 22.9 Å². The summed E-state index contributed by atoms with van der Waals surface area (Å²) in [6.45, 7) is 5.81. The van der Waals surface area contributed by atoms with Crippen LogP contribution in [-0.2, 0) is 10.3 Å². The molecule has 0 fully saturated rings. The Morgan fingerprint density at radius 2 is 2.00 bits per heavy atom. The Kier molecular flexibility index (Phi) is 3.07. The molecule has 4 rings (SSSR count). The largest absolute Gasteiger partial charge is 0.487 e. The fourth-order valence-corrected chi connectivity index (χ4v) is 3.72. The maximum atomic E-state index is 13.0. The first kappa shape index (κ1) is 15.7. The zero-order valence-corrected chi connectivity index (χ0v) is 14.8. The number of amides is 1. The Labute approximate surface area is 146 Å². The number of likely N-dealkylation sites (N-methyl/N-ethyl adjacent to an activating group) is 1. The average Bonchev–Trinajstić information content (AvgIpc) is 3.05. The summed E-state index contributed by atoms with van der Waals surface area (Å²) >= 11 is 0. The molecule has 0 saturated heterocycles. The lowest BCUT2D eigenvalue weighted by molar-refractivity contribution is -0.133. The molecule has 130 valence electrons. The number of guanidine groups is 1. The number of aliphatic imine (C=N–C) groups is 1. The minimum atomic E-state index is -1.05. The monoisotopic (exact) mass is 339 g/mol. The maximum absolute atomic E-state index is 13.0. The van der Waals surface area contributed by atoms with Crippen molar-refractivity contribution >= 4 is 11.9 Å². The molecule has 3 heterocycles. The summed E-state index contributed by atoms with van der Waals surface area (Å²) in [6.07, 6.45) is 0.428. The molecule has 0 radical (unpaired) electrons. The van der Waals surface area contributed by atoms with E-state index in [4.69, 9.17) is 14.9 Å². The van der Waals surface area contributed by atoms with Gasteiger partial charge in [-0.25, -0.2) is 4.99 Å². The second-order valence-electron chi connectivity index (χ2n) is 7.35. The maximum Gasteiger partial charge on any atom is 0.261 e. The molecule has 25 heavy (non-hydrogen) atoms. The molecule has 1 aromatic carbocycles. The molecule has 1 spiro atoms. The molecule has 2 N–H and O–H groups in total. The number of furan rings is 1. The van der Waals surface area contributed by atoms with Gasteiger partial charge < -0.3 is 14.9 Å². The van der Waals surface area contributed by atoms with Crippen LogP contribution in [0.1, 0.15) is 31.6 Å². The first-order chi connectivity index (χ1) is 11.7. The molecular weight excluding hydrogens is 318 g/mol. The van der Waals surface area contributed by atoms with Crippen LogP contribution >= 0.6 is 0 Å². The van der Waals surface area contributed by atoms with Gasteiger partial charge in [0.05, 0.1) is 0 Å². The summed E-state index contributed by atoms with van der Waals surface area (Å²) in [5.41, 5.74) is 6.01. The second-order valence-corrected chi connectivity index (χ2v) is 7.35. The number of carbonyl (C=O) groups is 1. The van der Waals surface area contributed by atoms with Crippen molar-refractivity contribution < 1.29 is 13.9 Å². The number of ether oxygens (including phenoxy) is 1. The average molecular weight is 339 g/mol.